The number of hydrogen-bond acceptors (Lipinski definition) is 8. The van der Waals surface area contributed by atoms with Gasteiger partial charge in [0.25, 0.3) is 11.6 Å². The van der Waals surface area contributed by atoms with E-state index < -0.39 is 10.8 Å². The van der Waals surface area contributed by atoms with Gasteiger partial charge in [0.05, 0.1) is 21.6 Å². The van der Waals surface area contributed by atoms with Gasteiger partial charge in [0.2, 0.25) is 0 Å². The number of amides is 1. The number of para-hydroxylation sites is 1. The zero-order valence-corrected chi connectivity index (χ0v) is 18.4. The molecule has 10 nitrogen and oxygen atoms in total. The number of aromatic amines is 1. The standard InChI is InChI=1S/C23H18N6O4S/c30-22(18-8-4-5-9-20(18)33-14-16-6-2-1-3-7-16)27-25-13-17-10-11-21(19(12-17)29(31)32)34-23-24-15-26-28-23/h1-13,15H,14H2,(H,27,30)(H,24,26,28)/b25-13+. The van der Waals surface area contributed by atoms with Crippen molar-refractivity contribution in [1.82, 2.24) is 20.6 Å². The van der Waals surface area contributed by atoms with Crippen LogP contribution in [-0.2, 0) is 6.61 Å². The molecule has 0 bridgehead atoms. The Kier molecular flexibility index (Phi) is 7.25. The molecule has 170 valence electrons. The Morgan fingerprint density at radius 1 is 1.15 bits per heavy atom. The highest BCUT2D eigenvalue weighted by Gasteiger charge is 2.17. The van der Waals surface area contributed by atoms with Crippen molar-refractivity contribution < 1.29 is 14.5 Å². The van der Waals surface area contributed by atoms with E-state index in [0.717, 1.165) is 17.3 Å². The van der Waals surface area contributed by atoms with Crippen molar-refractivity contribution in [3.05, 3.63) is 106 Å². The normalized spacial score (nSPS) is 10.8. The maximum atomic E-state index is 12.6. The lowest BCUT2D eigenvalue weighted by molar-refractivity contribution is -0.387. The van der Waals surface area contributed by atoms with E-state index in [-0.39, 0.29) is 5.69 Å². The summed E-state index contributed by atoms with van der Waals surface area (Å²) in [6.07, 6.45) is 2.66. The van der Waals surface area contributed by atoms with Gasteiger partial charge >= 0.3 is 0 Å². The Hall–Kier alpha value is -4.51. The summed E-state index contributed by atoms with van der Waals surface area (Å²) in [7, 11) is 0. The fraction of sp³-hybridized carbons (Fsp3) is 0.0435. The molecule has 0 saturated carbocycles. The Morgan fingerprint density at radius 3 is 2.71 bits per heavy atom. The number of rotatable bonds is 9. The molecule has 1 amide bonds. The van der Waals surface area contributed by atoms with Gasteiger partial charge in [-0.3, -0.25) is 20.0 Å². The molecule has 0 aliphatic heterocycles. The van der Waals surface area contributed by atoms with Crippen molar-refractivity contribution in [3.63, 3.8) is 0 Å². The molecule has 0 unspecified atom stereocenters. The van der Waals surface area contributed by atoms with Crippen LogP contribution in [0.15, 0.2) is 94.3 Å². The summed E-state index contributed by atoms with van der Waals surface area (Å²) < 4.78 is 5.81. The molecule has 0 fully saturated rings. The topological polar surface area (TPSA) is 135 Å². The first-order valence-electron chi connectivity index (χ1n) is 10.0. The lowest BCUT2D eigenvalue weighted by Gasteiger charge is -2.10. The second kappa shape index (κ2) is 10.9. The van der Waals surface area contributed by atoms with Crippen molar-refractivity contribution >= 4 is 29.6 Å². The minimum absolute atomic E-state index is 0.115. The van der Waals surface area contributed by atoms with E-state index in [2.05, 4.69) is 25.7 Å². The van der Waals surface area contributed by atoms with Crippen LogP contribution in [0.3, 0.4) is 0 Å². The van der Waals surface area contributed by atoms with Crippen LogP contribution in [0, 0.1) is 10.1 Å². The van der Waals surface area contributed by atoms with Crippen LogP contribution < -0.4 is 10.2 Å². The fourth-order valence-corrected chi connectivity index (χ4v) is 3.71. The molecule has 11 heteroatoms. The average molecular weight is 475 g/mol. The third kappa shape index (κ3) is 5.84. The van der Waals surface area contributed by atoms with Crippen LogP contribution >= 0.6 is 11.8 Å². The number of ether oxygens (including phenoxy) is 1. The predicted molar refractivity (Wildman–Crippen MR) is 126 cm³/mol. The summed E-state index contributed by atoms with van der Waals surface area (Å²) in [5, 5.41) is 22.2. The van der Waals surface area contributed by atoms with Crippen molar-refractivity contribution in [3.8, 4) is 5.75 Å². The van der Waals surface area contributed by atoms with Gasteiger partial charge < -0.3 is 4.74 Å². The smallest absolute Gasteiger partial charge is 0.283 e. The molecule has 4 aromatic rings. The molecule has 0 aliphatic rings. The first-order valence-corrected chi connectivity index (χ1v) is 10.8. The molecule has 0 saturated heterocycles. The summed E-state index contributed by atoms with van der Waals surface area (Å²) in [4.78, 5) is 28.0. The number of carbonyl (C=O) groups is 1. The number of carbonyl (C=O) groups excluding carboxylic acids is 1. The Labute approximate surface area is 198 Å². The molecule has 1 aromatic heterocycles. The van der Waals surface area contributed by atoms with Gasteiger partial charge in [-0.25, -0.2) is 10.4 Å². The van der Waals surface area contributed by atoms with Crippen LogP contribution in [0.1, 0.15) is 21.5 Å². The molecule has 34 heavy (non-hydrogen) atoms. The minimum Gasteiger partial charge on any atom is -0.488 e. The van der Waals surface area contributed by atoms with Gasteiger partial charge in [-0.2, -0.15) is 10.2 Å². The molecule has 1 heterocycles. The number of H-pyrrole nitrogens is 1. The van der Waals surface area contributed by atoms with Gasteiger partial charge in [-0.05, 0) is 35.5 Å². The summed E-state index contributed by atoms with van der Waals surface area (Å²) in [6, 6.07) is 21.0. The second-order valence-corrected chi connectivity index (χ2v) is 7.88. The Bertz CT molecular complexity index is 1310. The first kappa shape index (κ1) is 22.7. The molecule has 2 N–H and O–H groups in total. The Morgan fingerprint density at radius 2 is 1.94 bits per heavy atom. The monoisotopic (exact) mass is 474 g/mol. The molecule has 0 aliphatic carbocycles. The highest BCUT2D eigenvalue weighted by atomic mass is 32.2. The molecule has 0 radical (unpaired) electrons. The number of benzene rings is 3. The summed E-state index contributed by atoms with van der Waals surface area (Å²) in [5.41, 5.74) is 4.06. The maximum absolute atomic E-state index is 12.6. The quantitative estimate of drug-likeness (QED) is 0.211. The number of hydrazone groups is 1. The van der Waals surface area contributed by atoms with Gasteiger partial charge in [-0.15, -0.1) is 0 Å². The van der Waals surface area contributed by atoms with Gasteiger partial charge in [0.1, 0.15) is 18.7 Å². The zero-order chi connectivity index (χ0) is 23.8. The largest absolute Gasteiger partial charge is 0.488 e. The summed E-state index contributed by atoms with van der Waals surface area (Å²) in [5.74, 6) is -0.0459. The van der Waals surface area contributed by atoms with Crippen LogP contribution in [0.4, 0.5) is 5.69 Å². The number of nitro groups is 1. The zero-order valence-electron chi connectivity index (χ0n) is 17.6. The van der Waals surface area contributed by atoms with Gasteiger partial charge in [0, 0.05) is 11.6 Å². The van der Waals surface area contributed by atoms with Crippen molar-refractivity contribution in [2.45, 2.75) is 16.7 Å². The minimum atomic E-state index is -0.491. The van der Waals surface area contributed by atoms with E-state index in [1.54, 1.807) is 36.4 Å². The highest BCUT2D eigenvalue weighted by molar-refractivity contribution is 7.99. The lowest BCUT2D eigenvalue weighted by Crippen LogP contribution is -2.18. The fourth-order valence-electron chi connectivity index (χ4n) is 2.93. The van der Waals surface area contributed by atoms with E-state index >= 15 is 0 Å². The van der Waals surface area contributed by atoms with Gasteiger partial charge in [-0.1, -0.05) is 48.5 Å². The van der Waals surface area contributed by atoms with E-state index in [1.165, 1.54) is 18.6 Å². The summed E-state index contributed by atoms with van der Waals surface area (Å²) in [6.45, 7) is 0.316. The number of aromatic nitrogens is 3. The first-order chi connectivity index (χ1) is 16.6. The van der Waals surface area contributed by atoms with Crippen molar-refractivity contribution in [2.75, 3.05) is 0 Å². The molecular weight excluding hydrogens is 456 g/mol. The predicted octanol–water partition coefficient (Wildman–Crippen LogP) is 4.21. The molecule has 4 rings (SSSR count). The van der Waals surface area contributed by atoms with Crippen molar-refractivity contribution in [2.24, 2.45) is 5.10 Å². The Balaban J connectivity index is 1.43. The number of nitrogens with one attached hydrogen (secondary N) is 2. The lowest BCUT2D eigenvalue weighted by atomic mass is 10.2. The number of hydrogen-bond donors (Lipinski definition) is 2. The van der Waals surface area contributed by atoms with Crippen LogP contribution in [-0.4, -0.2) is 32.2 Å². The molecule has 0 atom stereocenters. The number of nitrogens with zero attached hydrogens (tertiary/aromatic N) is 4. The van der Waals surface area contributed by atoms with E-state index in [9.17, 15) is 14.9 Å². The van der Waals surface area contributed by atoms with Crippen LogP contribution in [0.5, 0.6) is 5.75 Å². The van der Waals surface area contributed by atoms with Gasteiger partial charge in [0.15, 0.2) is 5.16 Å². The molecule has 0 spiro atoms. The van der Waals surface area contributed by atoms with Crippen LogP contribution in [0.2, 0.25) is 0 Å². The van der Waals surface area contributed by atoms with E-state index in [1.807, 2.05) is 30.3 Å². The van der Waals surface area contributed by atoms with E-state index in [0.29, 0.717) is 33.5 Å². The van der Waals surface area contributed by atoms with Crippen molar-refractivity contribution in [1.29, 1.82) is 0 Å². The van der Waals surface area contributed by atoms with Crippen LogP contribution in [0.25, 0.3) is 0 Å². The second-order valence-electron chi connectivity index (χ2n) is 6.85. The summed E-state index contributed by atoms with van der Waals surface area (Å²) >= 11 is 1.09. The number of nitro benzene ring substituents is 1. The molecule has 3 aromatic carbocycles. The van der Waals surface area contributed by atoms with E-state index in [4.69, 9.17) is 4.74 Å². The highest BCUT2D eigenvalue weighted by Crippen LogP contribution is 2.33. The third-order valence-corrected chi connectivity index (χ3v) is 5.48. The third-order valence-electron chi connectivity index (χ3n) is 4.53. The SMILES string of the molecule is O=C(N/N=C/c1ccc(Sc2ncn[nH]2)c([N+](=O)[O-])c1)c1ccccc1OCc1ccccc1. The average Bonchev–Trinajstić information content (AvgIpc) is 3.37. The molecular formula is C23H18N6O4S. The maximum Gasteiger partial charge on any atom is 0.283 e.